The van der Waals surface area contributed by atoms with Crippen LogP contribution in [-0.2, 0) is 6.42 Å². The van der Waals surface area contributed by atoms with E-state index in [-0.39, 0.29) is 18.4 Å². The van der Waals surface area contributed by atoms with Gasteiger partial charge in [-0.25, -0.2) is 4.98 Å². The second-order valence-electron chi connectivity index (χ2n) is 2.80. The largest absolute Gasteiger partial charge is 0.370 e. The highest BCUT2D eigenvalue weighted by Gasteiger charge is 2.00. The fourth-order valence-corrected chi connectivity index (χ4v) is 1.90. The molecule has 0 fully saturated rings. The topological polar surface area (TPSA) is 77.3 Å². The van der Waals surface area contributed by atoms with E-state index in [2.05, 4.69) is 9.98 Å². The van der Waals surface area contributed by atoms with Crippen molar-refractivity contribution in [2.24, 2.45) is 16.5 Å². The van der Waals surface area contributed by atoms with Crippen molar-refractivity contribution < 1.29 is 0 Å². The molecule has 0 bridgehead atoms. The summed E-state index contributed by atoms with van der Waals surface area (Å²) in [6.45, 7) is 0. The molecular weight excluding hydrogens is 255 g/mol. The quantitative estimate of drug-likeness (QED) is 0.371. The second kappa shape index (κ2) is 7.73. The zero-order chi connectivity index (χ0) is 10.4. The average Bonchev–Trinajstić information content (AvgIpc) is 2.52. The van der Waals surface area contributed by atoms with Crippen LogP contribution in [-0.4, -0.2) is 16.8 Å². The van der Waals surface area contributed by atoms with E-state index < -0.39 is 0 Å². The fourth-order valence-electron chi connectivity index (χ4n) is 0.974. The number of alkyl halides is 1. The van der Waals surface area contributed by atoms with Crippen LogP contribution in [0.4, 0.5) is 5.13 Å². The van der Waals surface area contributed by atoms with Crippen molar-refractivity contribution in [3.05, 3.63) is 11.1 Å². The Morgan fingerprint density at radius 1 is 1.47 bits per heavy atom. The molecule has 0 aliphatic rings. The number of hydrogen-bond acceptors (Lipinski definition) is 3. The van der Waals surface area contributed by atoms with Gasteiger partial charge in [0.1, 0.15) is 0 Å². The van der Waals surface area contributed by atoms with Crippen molar-refractivity contribution in [2.45, 2.75) is 19.3 Å². The molecule has 0 aliphatic carbocycles. The van der Waals surface area contributed by atoms with E-state index in [9.17, 15) is 0 Å². The first-order valence-electron chi connectivity index (χ1n) is 4.32. The number of hydrogen-bond donors (Lipinski definition) is 2. The van der Waals surface area contributed by atoms with E-state index in [1.54, 1.807) is 0 Å². The molecule has 4 N–H and O–H groups in total. The number of unbranched alkanes of at least 4 members (excludes halogenated alkanes) is 1. The maximum atomic E-state index is 5.57. The minimum atomic E-state index is 0. The maximum absolute atomic E-state index is 5.57. The van der Waals surface area contributed by atoms with Crippen LogP contribution in [0.1, 0.15) is 18.5 Å². The summed E-state index contributed by atoms with van der Waals surface area (Å²) < 4.78 is 0. The van der Waals surface area contributed by atoms with Gasteiger partial charge >= 0.3 is 0 Å². The van der Waals surface area contributed by atoms with Crippen molar-refractivity contribution in [3.63, 3.8) is 0 Å². The van der Waals surface area contributed by atoms with Crippen LogP contribution in [0, 0.1) is 0 Å². The van der Waals surface area contributed by atoms with Crippen LogP contribution < -0.4 is 11.5 Å². The number of halogens is 2. The van der Waals surface area contributed by atoms with Crippen LogP contribution in [0.5, 0.6) is 0 Å². The van der Waals surface area contributed by atoms with Crippen molar-refractivity contribution in [1.82, 2.24) is 4.98 Å². The third kappa shape index (κ3) is 5.81. The Morgan fingerprint density at radius 3 is 2.80 bits per heavy atom. The van der Waals surface area contributed by atoms with E-state index in [1.165, 1.54) is 11.3 Å². The molecule has 1 aromatic heterocycles. The molecule has 0 aromatic carbocycles. The minimum Gasteiger partial charge on any atom is -0.370 e. The number of nitrogens with two attached hydrogens (primary N) is 2. The van der Waals surface area contributed by atoms with E-state index in [0.717, 1.165) is 25.0 Å². The Labute approximate surface area is 104 Å². The Morgan fingerprint density at radius 2 is 2.20 bits per heavy atom. The third-order valence-electron chi connectivity index (χ3n) is 1.58. The molecule has 1 aromatic rings. The predicted molar refractivity (Wildman–Crippen MR) is 68.5 cm³/mol. The Hall–Kier alpha value is -0.520. The number of aryl methyl sites for hydroxylation is 1. The molecule has 7 heteroatoms. The number of nitrogens with zero attached hydrogens (tertiary/aromatic N) is 2. The summed E-state index contributed by atoms with van der Waals surface area (Å²) in [4.78, 5) is 8.11. The van der Waals surface area contributed by atoms with Crippen LogP contribution in [0.2, 0.25) is 0 Å². The van der Waals surface area contributed by atoms with Gasteiger partial charge in [0.2, 0.25) is 5.13 Å². The predicted octanol–water partition coefficient (Wildman–Crippen LogP) is 2.03. The van der Waals surface area contributed by atoms with Gasteiger partial charge in [0, 0.05) is 11.3 Å². The van der Waals surface area contributed by atoms with Gasteiger partial charge < -0.3 is 11.5 Å². The van der Waals surface area contributed by atoms with Gasteiger partial charge in [-0.1, -0.05) is 0 Å². The van der Waals surface area contributed by atoms with E-state index in [1.807, 2.05) is 5.38 Å². The summed E-state index contributed by atoms with van der Waals surface area (Å²) in [6.07, 6.45) is 2.99. The highest BCUT2D eigenvalue weighted by Crippen LogP contribution is 2.19. The lowest BCUT2D eigenvalue weighted by molar-refractivity contribution is 0.785. The molecular formula is C8H14Cl2N4S. The standard InChI is InChI=1S/C8H13ClN4S.ClH/c9-4-2-1-3-6-5-14-8(12-6)13-7(10)11;/h5H,1-4H2,(H4,10,11,12,13);1H. The van der Waals surface area contributed by atoms with Crippen molar-refractivity contribution in [1.29, 1.82) is 0 Å². The molecule has 1 rings (SSSR count). The molecule has 0 atom stereocenters. The van der Waals surface area contributed by atoms with Gasteiger partial charge in [-0.2, -0.15) is 4.99 Å². The lowest BCUT2D eigenvalue weighted by Gasteiger charge is -1.92. The average molecular weight is 269 g/mol. The van der Waals surface area contributed by atoms with E-state index in [4.69, 9.17) is 23.1 Å². The summed E-state index contributed by atoms with van der Waals surface area (Å²) in [5.41, 5.74) is 11.5. The minimum absolute atomic E-state index is 0. The SMILES string of the molecule is Cl.NC(N)=Nc1nc(CCCCCl)cs1. The monoisotopic (exact) mass is 268 g/mol. The van der Waals surface area contributed by atoms with E-state index >= 15 is 0 Å². The number of aliphatic imine (C=N–C) groups is 1. The molecule has 0 aliphatic heterocycles. The van der Waals surface area contributed by atoms with Crippen LogP contribution in [0.3, 0.4) is 0 Å². The lowest BCUT2D eigenvalue weighted by Crippen LogP contribution is -2.21. The molecule has 86 valence electrons. The molecule has 0 unspecified atom stereocenters. The molecule has 4 nitrogen and oxygen atoms in total. The number of guanidine groups is 1. The Kier molecular flexibility index (Phi) is 7.46. The van der Waals surface area contributed by atoms with Crippen LogP contribution >= 0.6 is 35.3 Å². The molecule has 0 radical (unpaired) electrons. The highest BCUT2D eigenvalue weighted by molar-refractivity contribution is 7.13. The van der Waals surface area contributed by atoms with Crippen LogP contribution in [0.25, 0.3) is 0 Å². The number of thiazole rings is 1. The van der Waals surface area contributed by atoms with Gasteiger partial charge in [0.05, 0.1) is 5.69 Å². The molecule has 0 saturated heterocycles. The van der Waals surface area contributed by atoms with Crippen molar-refractivity contribution in [2.75, 3.05) is 5.88 Å². The normalized spacial score (nSPS) is 9.40. The summed E-state index contributed by atoms with van der Waals surface area (Å²) >= 11 is 7.01. The summed E-state index contributed by atoms with van der Waals surface area (Å²) in [5, 5.41) is 2.58. The summed E-state index contributed by atoms with van der Waals surface area (Å²) in [5.74, 6) is 0.747. The lowest BCUT2D eigenvalue weighted by atomic mass is 10.2. The first-order valence-corrected chi connectivity index (χ1v) is 5.74. The van der Waals surface area contributed by atoms with Crippen molar-refractivity contribution >= 4 is 46.4 Å². The number of rotatable bonds is 5. The second-order valence-corrected chi connectivity index (χ2v) is 4.02. The van der Waals surface area contributed by atoms with Crippen LogP contribution in [0.15, 0.2) is 10.4 Å². The molecule has 0 amide bonds. The molecule has 15 heavy (non-hydrogen) atoms. The van der Waals surface area contributed by atoms with Gasteiger partial charge in [0.25, 0.3) is 0 Å². The summed E-state index contributed by atoms with van der Waals surface area (Å²) in [6, 6.07) is 0. The summed E-state index contributed by atoms with van der Waals surface area (Å²) in [7, 11) is 0. The van der Waals surface area contributed by atoms with Gasteiger partial charge in [-0.15, -0.1) is 35.3 Å². The maximum Gasteiger partial charge on any atom is 0.212 e. The molecule has 0 spiro atoms. The highest BCUT2D eigenvalue weighted by atomic mass is 35.5. The van der Waals surface area contributed by atoms with Gasteiger partial charge in [0.15, 0.2) is 5.96 Å². The smallest absolute Gasteiger partial charge is 0.212 e. The zero-order valence-corrected chi connectivity index (χ0v) is 10.5. The first-order chi connectivity index (χ1) is 6.72. The fraction of sp³-hybridized carbons (Fsp3) is 0.500. The number of aromatic nitrogens is 1. The zero-order valence-electron chi connectivity index (χ0n) is 8.15. The van der Waals surface area contributed by atoms with Gasteiger partial charge in [-0.05, 0) is 19.3 Å². The first kappa shape index (κ1) is 14.5. The Bertz CT molecular complexity index is 309. The molecule has 0 saturated carbocycles. The van der Waals surface area contributed by atoms with Gasteiger partial charge in [-0.3, -0.25) is 0 Å². The Balaban J connectivity index is 0.00000196. The van der Waals surface area contributed by atoms with E-state index in [0.29, 0.717) is 11.0 Å². The van der Waals surface area contributed by atoms with Crippen molar-refractivity contribution in [3.8, 4) is 0 Å². The third-order valence-corrected chi connectivity index (χ3v) is 2.63. The molecule has 1 heterocycles.